The number of nitrogens with zero attached hydrogens (tertiary/aromatic N) is 1. The Morgan fingerprint density at radius 2 is 1.78 bits per heavy atom. The van der Waals surface area contributed by atoms with Crippen molar-refractivity contribution in [2.75, 3.05) is 0 Å². The van der Waals surface area contributed by atoms with Gasteiger partial charge < -0.3 is 14.4 Å². The van der Waals surface area contributed by atoms with Crippen molar-refractivity contribution >= 4 is 14.2 Å². The van der Waals surface area contributed by atoms with E-state index in [2.05, 4.69) is 33.9 Å². The summed E-state index contributed by atoms with van der Waals surface area (Å²) < 4.78 is 6.22. The Balaban J connectivity index is 2.16. The summed E-state index contributed by atoms with van der Waals surface area (Å²) in [6.07, 6.45) is -1.52. The summed E-state index contributed by atoms with van der Waals surface area (Å²) >= 11 is 0. The van der Waals surface area contributed by atoms with Crippen LogP contribution in [0.2, 0.25) is 18.1 Å². The van der Waals surface area contributed by atoms with Crippen molar-refractivity contribution in [2.24, 2.45) is 0 Å². The lowest BCUT2D eigenvalue weighted by atomic mass is 10.1. The van der Waals surface area contributed by atoms with Crippen LogP contribution >= 0.6 is 0 Å². The largest absolute Gasteiger partial charge is 0.403 e. The first kappa shape index (κ1) is 18.2. The second-order valence-electron chi connectivity index (χ2n) is 7.98. The SMILES string of the molecule is CC1[C@H](O)C(O[Si](C)(C)C(C)(C)C)C(=O)N1Cc1ccccc1. The van der Waals surface area contributed by atoms with E-state index in [4.69, 9.17) is 4.43 Å². The molecule has 0 spiro atoms. The van der Waals surface area contributed by atoms with E-state index in [-0.39, 0.29) is 17.0 Å². The van der Waals surface area contributed by atoms with Crippen LogP contribution in [0.4, 0.5) is 0 Å². The molecule has 1 saturated heterocycles. The van der Waals surface area contributed by atoms with Gasteiger partial charge in [0.15, 0.2) is 14.4 Å². The van der Waals surface area contributed by atoms with Crippen molar-refractivity contribution in [2.45, 2.75) is 70.6 Å². The number of carbonyl (C=O) groups is 1. The van der Waals surface area contributed by atoms with E-state index in [1.807, 2.05) is 37.3 Å². The smallest absolute Gasteiger partial charge is 0.253 e. The van der Waals surface area contributed by atoms with E-state index >= 15 is 0 Å². The number of aliphatic hydroxyl groups is 1. The molecule has 23 heavy (non-hydrogen) atoms. The van der Waals surface area contributed by atoms with Gasteiger partial charge in [-0.05, 0) is 30.6 Å². The molecule has 1 aliphatic heterocycles. The van der Waals surface area contributed by atoms with Crippen LogP contribution in [0.1, 0.15) is 33.3 Å². The van der Waals surface area contributed by atoms with Crippen molar-refractivity contribution in [1.29, 1.82) is 0 Å². The highest BCUT2D eigenvalue weighted by atomic mass is 28.4. The van der Waals surface area contributed by atoms with Gasteiger partial charge in [0.2, 0.25) is 0 Å². The maximum atomic E-state index is 12.8. The Morgan fingerprint density at radius 3 is 2.30 bits per heavy atom. The number of rotatable bonds is 4. The Morgan fingerprint density at radius 1 is 1.22 bits per heavy atom. The predicted octanol–water partition coefficient (Wildman–Crippen LogP) is 3.17. The molecule has 1 aliphatic rings. The molecule has 1 heterocycles. The molecule has 1 aromatic carbocycles. The fraction of sp³-hybridized carbons (Fsp3) is 0.611. The van der Waals surface area contributed by atoms with Crippen LogP contribution in [0.25, 0.3) is 0 Å². The number of carbonyl (C=O) groups excluding carboxylic acids is 1. The van der Waals surface area contributed by atoms with E-state index in [0.29, 0.717) is 6.54 Å². The first-order valence-electron chi connectivity index (χ1n) is 8.25. The minimum absolute atomic E-state index is 0.00306. The van der Waals surface area contributed by atoms with Crippen LogP contribution in [0.3, 0.4) is 0 Å². The normalized spacial score (nSPS) is 26.0. The maximum Gasteiger partial charge on any atom is 0.253 e. The average Bonchev–Trinajstić information content (AvgIpc) is 2.65. The second kappa shape index (κ2) is 6.38. The van der Waals surface area contributed by atoms with Gasteiger partial charge in [0, 0.05) is 6.54 Å². The second-order valence-corrected chi connectivity index (χ2v) is 12.7. The molecule has 0 aromatic heterocycles. The highest BCUT2D eigenvalue weighted by Gasteiger charge is 2.50. The first-order chi connectivity index (χ1) is 10.5. The summed E-state index contributed by atoms with van der Waals surface area (Å²) in [5, 5.41) is 10.5. The molecule has 3 atom stereocenters. The highest BCUT2D eigenvalue weighted by Crippen LogP contribution is 2.39. The number of benzene rings is 1. The first-order valence-corrected chi connectivity index (χ1v) is 11.2. The van der Waals surface area contributed by atoms with Crippen molar-refractivity contribution in [1.82, 2.24) is 4.90 Å². The minimum atomic E-state index is -2.11. The van der Waals surface area contributed by atoms with Crippen LogP contribution in [-0.4, -0.2) is 42.5 Å². The Labute approximate surface area is 140 Å². The lowest BCUT2D eigenvalue weighted by molar-refractivity contribution is -0.135. The van der Waals surface area contributed by atoms with Crippen LogP contribution in [0.5, 0.6) is 0 Å². The number of hydrogen-bond acceptors (Lipinski definition) is 3. The molecule has 1 fully saturated rings. The van der Waals surface area contributed by atoms with Gasteiger partial charge >= 0.3 is 0 Å². The summed E-state index contributed by atoms with van der Waals surface area (Å²) in [6, 6.07) is 9.62. The lowest BCUT2D eigenvalue weighted by Gasteiger charge is -2.38. The fourth-order valence-corrected chi connectivity index (χ4v) is 3.79. The van der Waals surface area contributed by atoms with Gasteiger partial charge in [-0.3, -0.25) is 4.79 Å². The van der Waals surface area contributed by atoms with E-state index in [0.717, 1.165) is 5.56 Å². The van der Waals surface area contributed by atoms with Gasteiger partial charge in [-0.1, -0.05) is 51.1 Å². The van der Waals surface area contributed by atoms with Crippen LogP contribution in [0.15, 0.2) is 30.3 Å². The van der Waals surface area contributed by atoms with E-state index in [1.165, 1.54) is 0 Å². The Kier molecular flexibility index (Phi) is 5.04. The summed E-state index contributed by atoms with van der Waals surface area (Å²) in [6.45, 7) is 13.0. The minimum Gasteiger partial charge on any atom is -0.403 e. The van der Waals surface area contributed by atoms with Gasteiger partial charge in [-0.25, -0.2) is 0 Å². The topological polar surface area (TPSA) is 49.8 Å². The van der Waals surface area contributed by atoms with Gasteiger partial charge in [0.25, 0.3) is 5.91 Å². The zero-order chi connectivity index (χ0) is 17.4. The molecule has 1 aromatic rings. The van der Waals surface area contributed by atoms with Gasteiger partial charge in [0.05, 0.1) is 6.04 Å². The summed E-state index contributed by atoms with van der Waals surface area (Å²) in [7, 11) is -2.11. The maximum absolute atomic E-state index is 12.8. The average molecular weight is 336 g/mol. The number of aliphatic hydroxyl groups excluding tert-OH is 1. The standard InChI is InChI=1S/C18H29NO3Si/c1-13-15(20)16(22-23(5,6)18(2,3)4)17(21)19(13)12-14-10-8-7-9-11-14/h7-11,13,15-16,20H,12H2,1-6H3/t13?,15-,16?/m0/s1. The molecule has 2 rings (SSSR count). The number of amides is 1. The van der Waals surface area contributed by atoms with Crippen LogP contribution in [0, 0.1) is 0 Å². The molecule has 0 saturated carbocycles. The predicted molar refractivity (Wildman–Crippen MR) is 94.5 cm³/mol. The monoisotopic (exact) mass is 335 g/mol. The molecule has 2 unspecified atom stereocenters. The summed E-state index contributed by atoms with van der Waals surface area (Å²) in [5.74, 6) is -0.0984. The van der Waals surface area contributed by atoms with E-state index in [9.17, 15) is 9.90 Å². The molecule has 5 heteroatoms. The molecular formula is C18H29NO3Si. The molecule has 1 N–H and O–H groups in total. The summed E-state index contributed by atoms with van der Waals surface area (Å²) in [5.41, 5.74) is 1.06. The zero-order valence-electron chi connectivity index (χ0n) is 15.0. The molecule has 4 nitrogen and oxygen atoms in total. The van der Waals surface area contributed by atoms with Gasteiger partial charge in [0.1, 0.15) is 6.10 Å². The van der Waals surface area contributed by atoms with Crippen LogP contribution in [-0.2, 0) is 15.8 Å². The third-order valence-electron chi connectivity index (χ3n) is 5.25. The molecule has 0 aliphatic carbocycles. The van der Waals surface area contributed by atoms with Crippen LogP contribution < -0.4 is 0 Å². The third-order valence-corrected chi connectivity index (χ3v) is 9.70. The lowest BCUT2D eigenvalue weighted by Crippen LogP contribution is -2.48. The highest BCUT2D eigenvalue weighted by molar-refractivity contribution is 6.74. The number of hydrogen-bond donors (Lipinski definition) is 1. The Hall–Kier alpha value is -1.17. The third kappa shape index (κ3) is 3.67. The van der Waals surface area contributed by atoms with Gasteiger partial charge in [-0.15, -0.1) is 0 Å². The van der Waals surface area contributed by atoms with Gasteiger partial charge in [-0.2, -0.15) is 0 Å². The van der Waals surface area contributed by atoms with E-state index < -0.39 is 20.5 Å². The molecule has 1 amide bonds. The molecule has 128 valence electrons. The van der Waals surface area contributed by atoms with Crippen molar-refractivity contribution < 1.29 is 14.3 Å². The molecule has 0 radical (unpaired) electrons. The zero-order valence-corrected chi connectivity index (χ0v) is 16.0. The van der Waals surface area contributed by atoms with E-state index in [1.54, 1.807) is 4.90 Å². The summed E-state index contributed by atoms with van der Waals surface area (Å²) in [4.78, 5) is 14.5. The molecular weight excluding hydrogens is 306 g/mol. The number of likely N-dealkylation sites (tertiary alicyclic amines) is 1. The Bertz CT molecular complexity index is 553. The van der Waals surface area contributed by atoms with Crippen molar-refractivity contribution in [3.8, 4) is 0 Å². The fourth-order valence-electron chi connectivity index (χ4n) is 2.56. The quantitative estimate of drug-likeness (QED) is 0.860. The molecule has 0 bridgehead atoms. The van der Waals surface area contributed by atoms with Crippen molar-refractivity contribution in [3.05, 3.63) is 35.9 Å². The van der Waals surface area contributed by atoms with Crippen molar-refractivity contribution in [3.63, 3.8) is 0 Å².